The van der Waals surface area contributed by atoms with E-state index in [-0.39, 0.29) is 5.69 Å². The van der Waals surface area contributed by atoms with Gasteiger partial charge in [0.2, 0.25) is 0 Å². The third-order valence-corrected chi connectivity index (χ3v) is 4.44. The highest BCUT2D eigenvalue weighted by atomic mass is 79.9. The zero-order valence-electron chi connectivity index (χ0n) is 11.9. The van der Waals surface area contributed by atoms with Crippen molar-refractivity contribution < 1.29 is 14.8 Å². The molecule has 1 aromatic carbocycles. The van der Waals surface area contributed by atoms with E-state index in [0.717, 1.165) is 12.8 Å². The highest BCUT2D eigenvalue weighted by Gasteiger charge is 2.44. The van der Waals surface area contributed by atoms with Crippen molar-refractivity contribution in [2.75, 3.05) is 11.4 Å². The number of hydrogen-bond donors (Lipinski definition) is 1. The lowest BCUT2D eigenvalue weighted by Crippen LogP contribution is -2.54. The molecular formula is C14H17BrN2O4. The minimum atomic E-state index is -0.950. The van der Waals surface area contributed by atoms with Crippen molar-refractivity contribution in [2.24, 2.45) is 5.41 Å². The van der Waals surface area contributed by atoms with Crippen LogP contribution >= 0.6 is 15.9 Å². The maximum absolute atomic E-state index is 11.7. The molecule has 0 saturated carbocycles. The third-order valence-electron chi connectivity index (χ3n) is 3.95. The summed E-state index contributed by atoms with van der Waals surface area (Å²) in [4.78, 5) is 24.1. The smallest absolute Gasteiger partial charge is 0.326 e. The van der Waals surface area contributed by atoms with Gasteiger partial charge in [0, 0.05) is 17.1 Å². The van der Waals surface area contributed by atoms with Gasteiger partial charge >= 0.3 is 5.97 Å². The molecule has 7 heteroatoms. The molecule has 1 aliphatic rings. The van der Waals surface area contributed by atoms with E-state index in [9.17, 15) is 20.0 Å². The minimum absolute atomic E-state index is 0.0675. The second-order valence-corrected chi connectivity index (χ2v) is 6.83. The van der Waals surface area contributed by atoms with Crippen molar-refractivity contribution >= 4 is 33.3 Å². The van der Waals surface area contributed by atoms with Crippen molar-refractivity contribution in [1.29, 1.82) is 0 Å². The number of rotatable bonds is 3. The average Bonchev–Trinajstić information content (AvgIpc) is 2.36. The number of carboxylic acid groups (broad SMARTS) is 1. The third kappa shape index (κ3) is 3.02. The van der Waals surface area contributed by atoms with Crippen molar-refractivity contribution in [3.05, 3.63) is 32.8 Å². The number of piperidine rings is 1. The van der Waals surface area contributed by atoms with Gasteiger partial charge in [-0.05, 0) is 30.4 Å². The van der Waals surface area contributed by atoms with Crippen LogP contribution in [0.1, 0.15) is 26.7 Å². The topological polar surface area (TPSA) is 83.7 Å². The molecule has 0 bridgehead atoms. The highest BCUT2D eigenvalue weighted by Crippen LogP contribution is 2.41. The molecular weight excluding hydrogens is 340 g/mol. The molecule has 0 radical (unpaired) electrons. The Morgan fingerprint density at radius 1 is 1.52 bits per heavy atom. The zero-order valence-corrected chi connectivity index (χ0v) is 13.5. The van der Waals surface area contributed by atoms with Gasteiger partial charge in [-0.25, -0.2) is 4.79 Å². The van der Waals surface area contributed by atoms with Crippen LogP contribution in [-0.2, 0) is 4.79 Å². The normalized spacial score (nSPS) is 21.1. The molecule has 21 heavy (non-hydrogen) atoms. The predicted octanol–water partition coefficient (Wildman–Crippen LogP) is 3.44. The van der Waals surface area contributed by atoms with Crippen molar-refractivity contribution in [3.63, 3.8) is 0 Å². The second-order valence-electron chi connectivity index (χ2n) is 5.92. The van der Waals surface area contributed by atoms with Gasteiger partial charge in [0.05, 0.1) is 4.92 Å². The fourth-order valence-electron chi connectivity index (χ4n) is 3.00. The number of halogens is 1. The SMILES string of the molecule is CC1(C)CCCN(c2cc(Br)ccc2[N+](=O)[O-])C1C(=O)O. The molecule has 6 nitrogen and oxygen atoms in total. The molecule has 1 unspecified atom stereocenters. The molecule has 0 aromatic heterocycles. The number of carboxylic acids is 1. The molecule has 0 spiro atoms. The number of carbonyl (C=O) groups is 1. The molecule has 0 amide bonds. The first-order chi connectivity index (χ1) is 9.74. The Labute approximate surface area is 131 Å². The van der Waals surface area contributed by atoms with Gasteiger partial charge in [-0.1, -0.05) is 29.8 Å². The summed E-state index contributed by atoms with van der Waals surface area (Å²) in [6.07, 6.45) is 1.59. The maximum Gasteiger partial charge on any atom is 0.326 e. The van der Waals surface area contributed by atoms with Crippen LogP contribution in [0.5, 0.6) is 0 Å². The van der Waals surface area contributed by atoms with Gasteiger partial charge in [-0.2, -0.15) is 0 Å². The second kappa shape index (κ2) is 5.63. The molecule has 1 aromatic rings. The van der Waals surface area contributed by atoms with Gasteiger partial charge in [0.25, 0.3) is 5.69 Å². The Balaban J connectivity index is 2.55. The molecule has 2 rings (SSSR count). The zero-order chi connectivity index (χ0) is 15.8. The van der Waals surface area contributed by atoms with E-state index in [1.54, 1.807) is 17.0 Å². The number of benzene rings is 1. The Hall–Kier alpha value is -1.63. The van der Waals surface area contributed by atoms with E-state index < -0.39 is 22.3 Å². The molecule has 1 saturated heterocycles. The lowest BCUT2D eigenvalue weighted by atomic mass is 9.76. The van der Waals surface area contributed by atoms with E-state index in [1.165, 1.54) is 6.07 Å². The van der Waals surface area contributed by atoms with Crippen LogP contribution in [0.3, 0.4) is 0 Å². The van der Waals surface area contributed by atoms with Crippen LogP contribution in [0, 0.1) is 15.5 Å². The summed E-state index contributed by atoms with van der Waals surface area (Å²) in [6.45, 7) is 4.28. The predicted molar refractivity (Wildman–Crippen MR) is 82.6 cm³/mol. The Kier molecular flexibility index (Phi) is 4.22. The molecule has 1 N–H and O–H groups in total. The monoisotopic (exact) mass is 356 g/mol. The number of hydrogen-bond acceptors (Lipinski definition) is 4. The van der Waals surface area contributed by atoms with Crippen molar-refractivity contribution in [2.45, 2.75) is 32.7 Å². The van der Waals surface area contributed by atoms with Crippen LogP contribution in [0.4, 0.5) is 11.4 Å². The van der Waals surface area contributed by atoms with Gasteiger partial charge in [0.1, 0.15) is 11.7 Å². The summed E-state index contributed by atoms with van der Waals surface area (Å²) in [5.41, 5.74) is -0.156. The summed E-state index contributed by atoms with van der Waals surface area (Å²) in [5, 5.41) is 20.8. The Morgan fingerprint density at radius 2 is 2.19 bits per heavy atom. The van der Waals surface area contributed by atoms with E-state index >= 15 is 0 Å². The first-order valence-electron chi connectivity index (χ1n) is 6.67. The maximum atomic E-state index is 11.7. The van der Waals surface area contributed by atoms with Crippen molar-refractivity contribution in [3.8, 4) is 0 Å². The minimum Gasteiger partial charge on any atom is -0.480 e. The first kappa shape index (κ1) is 15.8. The van der Waals surface area contributed by atoms with Crippen LogP contribution in [0.25, 0.3) is 0 Å². The fraction of sp³-hybridized carbons (Fsp3) is 0.500. The van der Waals surface area contributed by atoms with E-state index in [1.807, 2.05) is 13.8 Å². The van der Waals surface area contributed by atoms with Gasteiger partial charge in [-0.3, -0.25) is 10.1 Å². The molecule has 1 fully saturated rings. The van der Waals surface area contributed by atoms with Crippen LogP contribution in [-0.4, -0.2) is 28.6 Å². The quantitative estimate of drug-likeness (QED) is 0.662. The summed E-state index contributed by atoms with van der Waals surface area (Å²) in [7, 11) is 0. The largest absolute Gasteiger partial charge is 0.480 e. The van der Waals surface area contributed by atoms with E-state index in [2.05, 4.69) is 15.9 Å². The van der Waals surface area contributed by atoms with Gasteiger partial charge < -0.3 is 10.0 Å². The van der Waals surface area contributed by atoms with Gasteiger partial charge in [-0.15, -0.1) is 0 Å². The summed E-state index contributed by atoms with van der Waals surface area (Å²) < 4.78 is 0.690. The van der Waals surface area contributed by atoms with E-state index in [0.29, 0.717) is 16.7 Å². The Bertz CT molecular complexity index is 588. The van der Waals surface area contributed by atoms with Crippen LogP contribution in [0.15, 0.2) is 22.7 Å². The highest BCUT2D eigenvalue weighted by molar-refractivity contribution is 9.10. The summed E-state index contributed by atoms with van der Waals surface area (Å²) in [5.74, 6) is -0.950. The number of anilines is 1. The van der Waals surface area contributed by atoms with Crippen LogP contribution in [0.2, 0.25) is 0 Å². The lowest BCUT2D eigenvalue weighted by Gasteiger charge is -2.44. The average molecular weight is 357 g/mol. The number of nitro benzene ring substituents is 1. The van der Waals surface area contributed by atoms with Gasteiger partial charge in [0.15, 0.2) is 0 Å². The summed E-state index contributed by atoms with van der Waals surface area (Å²) in [6, 6.07) is 3.83. The molecule has 1 atom stereocenters. The lowest BCUT2D eigenvalue weighted by molar-refractivity contribution is -0.384. The first-order valence-corrected chi connectivity index (χ1v) is 7.47. The number of aliphatic carboxylic acids is 1. The number of nitrogens with zero attached hydrogens (tertiary/aromatic N) is 2. The van der Waals surface area contributed by atoms with Crippen LogP contribution < -0.4 is 4.90 Å². The summed E-state index contributed by atoms with van der Waals surface area (Å²) >= 11 is 3.30. The fourth-order valence-corrected chi connectivity index (χ4v) is 3.35. The van der Waals surface area contributed by atoms with Crippen molar-refractivity contribution in [1.82, 2.24) is 0 Å². The molecule has 1 heterocycles. The Morgan fingerprint density at radius 3 is 2.76 bits per heavy atom. The molecule has 1 aliphatic heterocycles. The molecule has 0 aliphatic carbocycles. The number of nitro groups is 1. The standard InChI is InChI=1S/C14H17BrN2O4/c1-14(2)6-3-7-16(12(14)13(18)19)11-8-9(15)4-5-10(11)17(20)21/h4-5,8,12H,3,6-7H2,1-2H3,(H,18,19). The molecule has 114 valence electrons. The van der Waals surface area contributed by atoms with E-state index in [4.69, 9.17) is 0 Å².